The van der Waals surface area contributed by atoms with Crippen LogP contribution in [0.25, 0.3) is 0 Å². The van der Waals surface area contributed by atoms with Gasteiger partial charge in [0, 0.05) is 19.6 Å². The van der Waals surface area contributed by atoms with Gasteiger partial charge in [-0.1, -0.05) is 19.4 Å². The summed E-state index contributed by atoms with van der Waals surface area (Å²) >= 11 is 3.14. The second kappa shape index (κ2) is 7.22. The lowest BCUT2D eigenvalue weighted by Crippen LogP contribution is -2.23. The Morgan fingerprint density at radius 1 is 1.67 bits per heavy atom. The van der Waals surface area contributed by atoms with Gasteiger partial charge < -0.3 is 16.0 Å². The van der Waals surface area contributed by atoms with Crippen molar-refractivity contribution in [3.8, 4) is 0 Å². The molecule has 0 aromatic carbocycles. The van der Waals surface area contributed by atoms with E-state index in [2.05, 4.69) is 23.7 Å². The van der Waals surface area contributed by atoms with E-state index in [1.54, 1.807) is 17.8 Å². The van der Waals surface area contributed by atoms with E-state index in [1.165, 1.54) is 24.2 Å². The van der Waals surface area contributed by atoms with Crippen molar-refractivity contribution in [2.75, 3.05) is 36.5 Å². The molecule has 4 nitrogen and oxygen atoms in total. The fourth-order valence-electron chi connectivity index (χ4n) is 2.59. The Kier molecular flexibility index (Phi) is 5.58. The molecule has 21 heavy (non-hydrogen) atoms. The number of hydrogen-bond donors (Lipinski definition) is 2. The summed E-state index contributed by atoms with van der Waals surface area (Å²) in [5, 5.41) is 3.96. The van der Waals surface area contributed by atoms with Crippen LogP contribution in [0.4, 0.5) is 10.7 Å². The predicted molar refractivity (Wildman–Crippen MR) is 93.7 cm³/mol. The van der Waals surface area contributed by atoms with E-state index in [-0.39, 0.29) is 5.91 Å². The molecule has 6 heteroatoms. The molecule has 2 heterocycles. The molecule has 0 saturated carbocycles. The normalized spacial score (nSPS) is 18.0. The summed E-state index contributed by atoms with van der Waals surface area (Å²) in [4.78, 5) is 16.2. The van der Waals surface area contributed by atoms with Gasteiger partial charge in [0.15, 0.2) is 0 Å². The number of anilines is 2. The Bertz CT molecular complexity index is 527. The molecule has 1 unspecified atom stereocenters. The first-order valence-corrected chi connectivity index (χ1v) is 9.26. The maximum atomic E-state index is 12.2. The number of nitrogens with one attached hydrogen (secondary N) is 1. The zero-order chi connectivity index (χ0) is 15.4. The maximum absolute atomic E-state index is 12.2. The Hall–Kier alpha value is -1.14. The summed E-state index contributed by atoms with van der Waals surface area (Å²) in [5.74, 6) is 0.645. The number of thioether (sulfide) groups is 1. The third-order valence-corrected chi connectivity index (χ3v) is 6.07. The molecule has 1 fully saturated rings. The molecule has 1 aliphatic rings. The van der Waals surface area contributed by atoms with Crippen molar-refractivity contribution in [3.05, 3.63) is 17.5 Å². The van der Waals surface area contributed by atoms with E-state index in [0.29, 0.717) is 17.1 Å². The Morgan fingerprint density at radius 2 is 2.43 bits per heavy atom. The quantitative estimate of drug-likeness (QED) is 0.623. The number of rotatable bonds is 6. The van der Waals surface area contributed by atoms with Crippen LogP contribution < -0.4 is 16.0 Å². The van der Waals surface area contributed by atoms with Crippen molar-refractivity contribution in [1.82, 2.24) is 5.32 Å². The van der Waals surface area contributed by atoms with Crippen LogP contribution in [-0.2, 0) is 0 Å². The average Bonchev–Trinajstić information content (AvgIpc) is 3.08. The van der Waals surface area contributed by atoms with Gasteiger partial charge in [-0.05, 0) is 18.6 Å². The van der Waals surface area contributed by atoms with Gasteiger partial charge in [-0.25, -0.2) is 0 Å². The molecule has 0 radical (unpaired) electrons. The molecular formula is C15H23N3OS2. The highest BCUT2D eigenvalue weighted by molar-refractivity contribution is 7.99. The predicted octanol–water partition coefficient (Wildman–Crippen LogP) is 3.20. The lowest BCUT2D eigenvalue weighted by atomic mass is 10.1. The minimum atomic E-state index is -0.106. The van der Waals surface area contributed by atoms with Gasteiger partial charge in [0.25, 0.3) is 5.91 Å². The molecule has 1 aromatic heterocycles. The molecule has 0 bridgehead atoms. The van der Waals surface area contributed by atoms with E-state index in [4.69, 9.17) is 5.73 Å². The zero-order valence-corrected chi connectivity index (χ0v) is 14.3. The molecule has 1 aromatic rings. The standard InChI is InChI=1S/C15H23N3OS2/c1-4-7-17-14(19)12-11(16)13(20-3)15(21-12)18-8-6-10(5-2)9-18/h4,10H,1,5-9,16H2,2-3H3,(H,17,19). The molecule has 2 rings (SSSR count). The number of nitrogens with zero attached hydrogens (tertiary/aromatic N) is 1. The number of hydrogen-bond acceptors (Lipinski definition) is 5. The third kappa shape index (κ3) is 3.37. The van der Waals surface area contributed by atoms with E-state index >= 15 is 0 Å². The van der Waals surface area contributed by atoms with Crippen LogP contribution in [0.5, 0.6) is 0 Å². The number of amides is 1. The van der Waals surface area contributed by atoms with Crippen LogP contribution in [0.1, 0.15) is 29.4 Å². The molecule has 0 aliphatic carbocycles. The van der Waals surface area contributed by atoms with Gasteiger partial charge in [0.1, 0.15) is 9.88 Å². The van der Waals surface area contributed by atoms with Crippen LogP contribution in [0.15, 0.2) is 17.6 Å². The summed E-state index contributed by atoms with van der Waals surface area (Å²) < 4.78 is 0. The van der Waals surface area contributed by atoms with E-state index in [9.17, 15) is 4.79 Å². The molecule has 1 aliphatic heterocycles. The second-order valence-corrected chi connectivity index (χ2v) is 7.01. The number of thiophene rings is 1. The summed E-state index contributed by atoms with van der Waals surface area (Å²) in [6.07, 6.45) is 6.11. The molecule has 1 saturated heterocycles. The van der Waals surface area contributed by atoms with Crippen LogP contribution >= 0.6 is 23.1 Å². The van der Waals surface area contributed by atoms with Crippen molar-refractivity contribution in [3.63, 3.8) is 0 Å². The maximum Gasteiger partial charge on any atom is 0.263 e. The van der Waals surface area contributed by atoms with Crippen molar-refractivity contribution < 1.29 is 4.79 Å². The lowest BCUT2D eigenvalue weighted by Gasteiger charge is -2.17. The third-order valence-electron chi connectivity index (χ3n) is 3.85. The largest absolute Gasteiger partial charge is 0.396 e. The Morgan fingerprint density at radius 3 is 3.00 bits per heavy atom. The van der Waals surface area contributed by atoms with E-state index in [0.717, 1.165) is 28.9 Å². The number of carbonyl (C=O) groups excluding carboxylic acids is 1. The van der Waals surface area contributed by atoms with Crippen molar-refractivity contribution in [1.29, 1.82) is 0 Å². The zero-order valence-electron chi connectivity index (χ0n) is 12.6. The van der Waals surface area contributed by atoms with Crippen LogP contribution in [0.2, 0.25) is 0 Å². The average molecular weight is 326 g/mol. The van der Waals surface area contributed by atoms with Gasteiger partial charge >= 0.3 is 0 Å². The van der Waals surface area contributed by atoms with Gasteiger partial charge in [0.2, 0.25) is 0 Å². The molecule has 1 amide bonds. The van der Waals surface area contributed by atoms with Crippen molar-refractivity contribution in [2.24, 2.45) is 5.92 Å². The van der Waals surface area contributed by atoms with Gasteiger partial charge in [-0.15, -0.1) is 29.7 Å². The fourth-order valence-corrected chi connectivity index (χ4v) is 4.72. The first-order valence-electron chi connectivity index (χ1n) is 7.22. The van der Waals surface area contributed by atoms with Gasteiger partial charge in [0.05, 0.1) is 10.6 Å². The summed E-state index contributed by atoms with van der Waals surface area (Å²) in [7, 11) is 0. The SMILES string of the molecule is C=CCNC(=O)c1sc(N2CCC(CC)C2)c(SC)c1N. The lowest BCUT2D eigenvalue weighted by molar-refractivity contribution is 0.0963. The monoisotopic (exact) mass is 325 g/mol. The first-order chi connectivity index (χ1) is 10.1. The van der Waals surface area contributed by atoms with Crippen molar-refractivity contribution in [2.45, 2.75) is 24.7 Å². The van der Waals surface area contributed by atoms with Crippen LogP contribution in [-0.4, -0.2) is 31.8 Å². The number of nitrogens with two attached hydrogens (primary N) is 1. The van der Waals surface area contributed by atoms with E-state index < -0.39 is 0 Å². The highest BCUT2D eigenvalue weighted by atomic mass is 32.2. The highest BCUT2D eigenvalue weighted by Crippen LogP contribution is 2.45. The smallest absolute Gasteiger partial charge is 0.263 e. The fraction of sp³-hybridized carbons (Fsp3) is 0.533. The Balaban J connectivity index is 2.26. The minimum Gasteiger partial charge on any atom is -0.396 e. The minimum absolute atomic E-state index is 0.106. The summed E-state index contributed by atoms with van der Waals surface area (Å²) in [5.41, 5.74) is 6.81. The van der Waals surface area contributed by atoms with Crippen molar-refractivity contribution >= 4 is 39.7 Å². The number of nitrogen functional groups attached to an aromatic ring is 1. The highest BCUT2D eigenvalue weighted by Gasteiger charge is 2.28. The van der Waals surface area contributed by atoms with Crippen LogP contribution in [0, 0.1) is 5.92 Å². The van der Waals surface area contributed by atoms with Gasteiger partial charge in [-0.2, -0.15) is 0 Å². The summed E-state index contributed by atoms with van der Waals surface area (Å²) in [6.45, 7) is 8.43. The van der Waals surface area contributed by atoms with Crippen LogP contribution in [0.3, 0.4) is 0 Å². The first kappa shape index (κ1) is 16.2. The molecule has 3 N–H and O–H groups in total. The summed E-state index contributed by atoms with van der Waals surface area (Å²) in [6, 6.07) is 0. The Labute approximate surface area is 134 Å². The van der Waals surface area contributed by atoms with E-state index in [1.807, 2.05) is 6.26 Å². The molecule has 0 spiro atoms. The molecule has 1 atom stereocenters. The second-order valence-electron chi connectivity index (χ2n) is 5.19. The molecule has 116 valence electrons. The molecular weight excluding hydrogens is 302 g/mol. The van der Waals surface area contributed by atoms with Gasteiger partial charge in [-0.3, -0.25) is 4.79 Å². The number of carbonyl (C=O) groups is 1. The topological polar surface area (TPSA) is 58.4 Å².